The maximum Gasteiger partial charge on any atom is 0.224 e. The van der Waals surface area contributed by atoms with Gasteiger partial charge in [-0.1, -0.05) is 31.5 Å². The van der Waals surface area contributed by atoms with Crippen LogP contribution in [0.15, 0.2) is 18.2 Å². The molecule has 1 aliphatic rings. The van der Waals surface area contributed by atoms with E-state index in [0.29, 0.717) is 37.0 Å². The lowest BCUT2D eigenvalue weighted by molar-refractivity contribution is -0.116. The molecule has 0 atom stereocenters. The van der Waals surface area contributed by atoms with E-state index in [4.69, 9.17) is 16.3 Å². The number of carbonyl (C=O) groups is 1. The standard InChI is InChI=1S/C22H31ClN4O2/c1-15(2)14-27-17(4)18(16(3)25-27)8-9-21(28)24-20-7-5-6-19(23)22(20)26-10-12-29-13-11-26/h5-7,15H,8-14H2,1-4H3,(H,24,28). The Kier molecular flexibility index (Phi) is 7.19. The van der Waals surface area contributed by atoms with E-state index in [2.05, 4.69) is 40.8 Å². The van der Waals surface area contributed by atoms with Crippen molar-refractivity contribution in [2.45, 2.75) is 47.1 Å². The quantitative estimate of drug-likeness (QED) is 0.731. The number of hydrogen-bond donors (Lipinski definition) is 1. The molecule has 0 radical (unpaired) electrons. The molecule has 3 rings (SSSR count). The van der Waals surface area contributed by atoms with E-state index in [0.717, 1.165) is 42.4 Å². The van der Waals surface area contributed by atoms with Gasteiger partial charge in [0.15, 0.2) is 0 Å². The number of hydrogen-bond acceptors (Lipinski definition) is 4. The summed E-state index contributed by atoms with van der Waals surface area (Å²) in [6.07, 6.45) is 1.08. The van der Waals surface area contributed by atoms with E-state index >= 15 is 0 Å². The van der Waals surface area contributed by atoms with Gasteiger partial charge in [0.25, 0.3) is 0 Å². The second-order valence-electron chi connectivity index (χ2n) is 8.01. The minimum atomic E-state index is -0.0165. The van der Waals surface area contributed by atoms with Crippen molar-refractivity contribution < 1.29 is 9.53 Å². The molecule has 7 heteroatoms. The van der Waals surface area contributed by atoms with E-state index in [9.17, 15) is 4.79 Å². The fourth-order valence-corrected chi connectivity index (χ4v) is 4.09. The Balaban J connectivity index is 1.68. The number of rotatable bonds is 7. The number of amides is 1. The number of para-hydroxylation sites is 1. The van der Waals surface area contributed by atoms with Crippen LogP contribution in [0.3, 0.4) is 0 Å². The molecule has 0 unspecified atom stereocenters. The van der Waals surface area contributed by atoms with Gasteiger partial charge in [-0.25, -0.2) is 0 Å². The maximum atomic E-state index is 12.7. The molecule has 1 aromatic heterocycles. The molecule has 6 nitrogen and oxygen atoms in total. The molecule has 0 aliphatic carbocycles. The van der Waals surface area contributed by atoms with Crippen LogP contribution in [-0.2, 0) is 22.5 Å². The Labute approximate surface area is 178 Å². The fraction of sp³-hybridized carbons (Fsp3) is 0.545. The van der Waals surface area contributed by atoms with E-state index in [-0.39, 0.29) is 5.91 Å². The van der Waals surface area contributed by atoms with Crippen molar-refractivity contribution in [3.05, 3.63) is 40.2 Å². The molecule has 1 fully saturated rings. The highest BCUT2D eigenvalue weighted by molar-refractivity contribution is 6.34. The molecule has 1 aromatic carbocycles. The number of halogens is 1. The van der Waals surface area contributed by atoms with Gasteiger partial charge in [-0.2, -0.15) is 5.10 Å². The molecular formula is C22H31ClN4O2. The second-order valence-corrected chi connectivity index (χ2v) is 8.42. The highest BCUT2D eigenvalue weighted by Gasteiger charge is 2.20. The summed E-state index contributed by atoms with van der Waals surface area (Å²) in [5.41, 5.74) is 4.96. The number of morpholine rings is 1. The predicted molar refractivity (Wildman–Crippen MR) is 118 cm³/mol. The van der Waals surface area contributed by atoms with Crippen LogP contribution in [0.25, 0.3) is 0 Å². The van der Waals surface area contributed by atoms with Gasteiger partial charge in [0.1, 0.15) is 0 Å². The Morgan fingerprint density at radius 1 is 1.28 bits per heavy atom. The van der Waals surface area contributed by atoms with E-state index in [1.807, 2.05) is 25.1 Å². The first-order valence-electron chi connectivity index (χ1n) is 10.3. The highest BCUT2D eigenvalue weighted by atomic mass is 35.5. The minimum Gasteiger partial charge on any atom is -0.378 e. The molecule has 0 spiro atoms. The minimum absolute atomic E-state index is 0.0165. The number of carbonyl (C=O) groups excluding carboxylic acids is 1. The SMILES string of the molecule is Cc1nn(CC(C)C)c(C)c1CCC(=O)Nc1cccc(Cl)c1N1CCOCC1. The monoisotopic (exact) mass is 418 g/mol. The Hall–Kier alpha value is -2.05. The van der Waals surface area contributed by atoms with Gasteiger partial charge in [-0.05, 0) is 43.9 Å². The number of nitrogens with zero attached hydrogens (tertiary/aromatic N) is 3. The number of nitrogens with one attached hydrogen (secondary N) is 1. The van der Waals surface area contributed by atoms with Crippen molar-refractivity contribution in [2.24, 2.45) is 5.92 Å². The summed E-state index contributed by atoms with van der Waals surface area (Å²) >= 11 is 6.46. The molecule has 2 aromatic rings. The van der Waals surface area contributed by atoms with Gasteiger partial charge in [-0.15, -0.1) is 0 Å². The van der Waals surface area contributed by atoms with Gasteiger partial charge in [0.05, 0.1) is 35.3 Å². The van der Waals surface area contributed by atoms with Crippen molar-refractivity contribution in [3.63, 3.8) is 0 Å². The third-order valence-electron chi connectivity index (χ3n) is 5.26. The zero-order chi connectivity index (χ0) is 21.0. The topological polar surface area (TPSA) is 59.4 Å². The summed E-state index contributed by atoms with van der Waals surface area (Å²) in [4.78, 5) is 14.9. The van der Waals surface area contributed by atoms with E-state index < -0.39 is 0 Å². The summed E-state index contributed by atoms with van der Waals surface area (Å²) in [6, 6.07) is 5.63. The number of aromatic nitrogens is 2. The molecule has 1 saturated heterocycles. The highest BCUT2D eigenvalue weighted by Crippen LogP contribution is 2.34. The predicted octanol–water partition coefficient (Wildman–Crippen LogP) is 4.22. The average Bonchev–Trinajstić information content (AvgIpc) is 2.93. The number of benzene rings is 1. The lowest BCUT2D eigenvalue weighted by atomic mass is 10.1. The normalized spacial score (nSPS) is 14.5. The molecule has 0 saturated carbocycles. The van der Waals surface area contributed by atoms with Gasteiger partial charge in [0, 0.05) is 31.7 Å². The van der Waals surface area contributed by atoms with Crippen LogP contribution in [-0.4, -0.2) is 42.0 Å². The molecule has 1 aliphatic heterocycles. The van der Waals surface area contributed by atoms with Gasteiger partial charge >= 0.3 is 0 Å². The van der Waals surface area contributed by atoms with Crippen LogP contribution in [0.1, 0.15) is 37.2 Å². The van der Waals surface area contributed by atoms with Gasteiger partial charge < -0.3 is 15.0 Å². The third-order valence-corrected chi connectivity index (χ3v) is 5.56. The van der Waals surface area contributed by atoms with Crippen LogP contribution in [0, 0.1) is 19.8 Å². The van der Waals surface area contributed by atoms with Crippen LogP contribution in [0.5, 0.6) is 0 Å². The Morgan fingerprint density at radius 2 is 2.00 bits per heavy atom. The Bertz CT molecular complexity index is 857. The van der Waals surface area contributed by atoms with Crippen molar-refractivity contribution in [2.75, 3.05) is 36.5 Å². The first-order valence-corrected chi connectivity index (χ1v) is 10.7. The molecule has 29 heavy (non-hydrogen) atoms. The lowest BCUT2D eigenvalue weighted by Gasteiger charge is -2.31. The zero-order valence-corrected chi connectivity index (χ0v) is 18.6. The summed E-state index contributed by atoms with van der Waals surface area (Å²) in [5.74, 6) is 0.516. The van der Waals surface area contributed by atoms with E-state index in [1.54, 1.807) is 0 Å². The summed E-state index contributed by atoms with van der Waals surface area (Å²) in [7, 11) is 0. The number of ether oxygens (including phenoxy) is 1. The molecule has 0 bridgehead atoms. The van der Waals surface area contributed by atoms with Crippen molar-refractivity contribution >= 4 is 28.9 Å². The first-order chi connectivity index (χ1) is 13.9. The van der Waals surface area contributed by atoms with Crippen LogP contribution in [0.4, 0.5) is 11.4 Å². The summed E-state index contributed by atoms with van der Waals surface area (Å²) in [5, 5.41) is 8.36. The van der Waals surface area contributed by atoms with E-state index in [1.165, 1.54) is 5.56 Å². The van der Waals surface area contributed by atoms with Crippen molar-refractivity contribution in [1.29, 1.82) is 0 Å². The lowest BCUT2D eigenvalue weighted by Crippen LogP contribution is -2.37. The maximum absolute atomic E-state index is 12.7. The molecule has 1 N–H and O–H groups in total. The fourth-order valence-electron chi connectivity index (χ4n) is 3.80. The molecule has 1 amide bonds. The van der Waals surface area contributed by atoms with Gasteiger partial charge in [0.2, 0.25) is 5.91 Å². The molecule has 2 heterocycles. The average molecular weight is 419 g/mol. The number of aryl methyl sites for hydroxylation is 1. The molecular weight excluding hydrogens is 388 g/mol. The van der Waals surface area contributed by atoms with Crippen LogP contribution < -0.4 is 10.2 Å². The first kappa shape index (κ1) is 21.7. The largest absolute Gasteiger partial charge is 0.378 e. The van der Waals surface area contributed by atoms with Crippen LogP contribution in [0.2, 0.25) is 5.02 Å². The van der Waals surface area contributed by atoms with Crippen molar-refractivity contribution in [1.82, 2.24) is 9.78 Å². The van der Waals surface area contributed by atoms with Gasteiger partial charge in [-0.3, -0.25) is 9.48 Å². The summed E-state index contributed by atoms with van der Waals surface area (Å²) < 4.78 is 7.49. The van der Waals surface area contributed by atoms with Crippen molar-refractivity contribution in [3.8, 4) is 0 Å². The third kappa shape index (κ3) is 5.31. The number of anilines is 2. The molecule has 158 valence electrons. The second kappa shape index (κ2) is 9.63. The zero-order valence-electron chi connectivity index (χ0n) is 17.8. The summed E-state index contributed by atoms with van der Waals surface area (Å²) in [6.45, 7) is 12.2. The Morgan fingerprint density at radius 3 is 2.69 bits per heavy atom. The smallest absolute Gasteiger partial charge is 0.224 e. The van der Waals surface area contributed by atoms with Crippen LogP contribution >= 0.6 is 11.6 Å².